The molecule has 3 aromatic rings. The molecule has 1 saturated heterocycles. The van der Waals surface area contributed by atoms with Crippen molar-refractivity contribution in [3.05, 3.63) is 58.9 Å². The fraction of sp³-hybridized carbons (Fsp3) is 0.278. The van der Waals surface area contributed by atoms with Gasteiger partial charge in [-0.25, -0.2) is 3.96 Å². The van der Waals surface area contributed by atoms with Crippen molar-refractivity contribution < 1.29 is 0 Å². The molecule has 2 heterocycles. The lowest BCUT2D eigenvalue weighted by atomic mass is 10.1. The summed E-state index contributed by atoms with van der Waals surface area (Å²) in [6.07, 6.45) is 3.89. The molecule has 4 heteroatoms. The second kappa shape index (κ2) is 5.61. The first-order valence-electron chi connectivity index (χ1n) is 7.79. The molecule has 0 N–H and O–H groups in total. The van der Waals surface area contributed by atoms with Crippen LogP contribution in [0.25, 0.3) is 15.8 Å². The molecule has 112 valence electrons. The van der Waals surface area contributed by atoms with Crippen LogP contribution in [0.2, 0.25) is 0 Å². The van der Waals surface area contributed by atoms with Gasteiger partial charge in [0, 0.05) is 18.8 Å². The fourth-order valence-electron chi connectivity index (χ4n) is 3.09. The average Bonchev–Trinajstić information content (AvgIpc) is 2.93. The van der Waals surface area contributed by atoms with E-state index in [1.54, 1.807) is 3.96 Å². The molecule has 1 aliphatic rings. The first-order chi connectivity index (χ1) is 10.8. The normalized spacial score (nSPS) is 15.4. The number of piperidine rings is 1. The summed E-state index contributed by atoms with van der Waals surface area (Å²) >= 11 is 1.51. The van der Waals surface area contributed by atoms with Crippen LogP contribution in [0.5, 0.6) is 0 Å². The van der Waals surface area contributed by atoms with Gasteiger partial charge in [0.2, 0.25) is 0 Å². The van der Waals surface area contributed by atoms with E-state index in [-0.39, 0.29) is 5.56 Å². The lowest BCUT2D eigenvalue weighted by Crippen LogP contribution is -2.29. The molecule has 0 bridgehead atoms. The number of fused-ring (bicyclic) bond motifs is 1. The monoisotopic (exact) mass is 310 g/mol. The maximum atomic E-state index is 12.5. The Bertz CT molecular complexity index is 841. The second-order valence-electron chi connectivity index (χ2n) is 5.75. The molecule has 0 atom stereocenters. The van der Waals surface area contributed by atoms with Gasteiger partial charge >= 0.3 is 0 Å². The van der Waals surface area contributed by atoms with Crippen molar-refractivity contribution in [3.63, 3.8) is 0 Å². The minimum Gasteiger partial charge on any atom is -0.372 e. The first-order valence-corrected chi connectivity index (χ1v) is 8.57. The predicted octanol–water partition coefficient (Wildman–Crippen LogP) is 4.04. The van der Waals surface area contributed by atoms with Crippen LogP contribution in [-0.4, -0.2) is 17.0 Å². The number of aromatic nitrogens is 1. The molecule has 1 fully saturated rings. The Morgan fingerprint density at radius 3 is 2.23 bits per heavy atom. The van der Waals surface area contributed by atoms with Gasteiger partial charge in [-0.2, -0.15) is 0 Å². The maximum Gasteiger partial charge on any atom is 0.273 e. The molecule has 0 unspecified atom stereocenters. The van der Waals surface area contributed by atoms with Gasteiger partial charge in [0.1, 0.15) is 0 Å². The van der Waals surface area contributed by atoms with Crippen LogP contribution in [0.1, 0.15) is 19.3 Å². The maximum absolute atomic E-state index is 12.5. The van der Waals surface area contributed by atoms with Crippen LogP contribution < -0.4 is 10.5 Å². The summed E-state index contributed by atoms with van der Waals surface area (Å²) < 4.78 is 2.82. The third-order valence-electron chi connectivity index (χ3n) is 4.30. The summed E-state index contributed by atoms with van der Waals surface area (Å²) in [6.45, 7) is 2.28. The lowest BCUT2D eigenvalue weighted by molar-refractivity contribution is 0.578. The molecule has 22 heavy (non-hydrogen) atoms. The molecular weight excluding hydrogens is 292 g/mol. The van der Waals surface area contributed by atoms with Crippen molar-refractivity contribution in [2.45, 2.75) is 19.3 Å². The molecule has 0 amide bonds. The molecule has 1 aliphatic heterocycles. The molecule has 4 rings (SSSR count). The Labute approximate surface area is 133 Å². The van der Waals surface area contributed by atoms with Crippen LogP contribution >= 0.6 is 11.5 Å². The van der Waals surface area contributed by atoms with Gasteiger partial charge in [0.25, 0.3) is 5.56 Å². The van der Waals surface area contributed by atoms with Crippen LogP contribution in [0, 0.1) is 0 Å². The van der Waals surface area contributed by atoms with Crippen molar-refractivity contribution in [2.75, 3.05) is 18.0 Å². The minimum atomic E-state index is 0.0753. The van der Waals surface area contributed by atoms with Crippen LogP contribution in [-0.2, 0) is 0 Å². The van der Waals surface area contributed by atoms with E-state index >= 15 is 0 Å². The first kappa shape index (κ1) is 13.6. The second-order valence-corrected chi connectivity index (χ2v) is 6.74. The highest BCUT2D eigenvalue weighted by atomic mass is 32.1. The number of rotatable bonds is 2. The van der Waals surface area contributed by atoms with Gasteiger partial charge in [-0.15, -0.1) is 0 Å². The highest BCUT2D eigenvalue weighted by Gasteiger charge is 2.12. The SMILES string of the molecule is O=c1c2ccccc2sn1-c1ccc(N2CCCCC2)cc1. The number of benzene rings is 2. The van der Waals surface area contributed by atoms with Crippen molar-refractivity contribution in [1.82, 2.24) is 3.96 Å². The molecule has 0 radical (unpaired) electrons. The number of hydrogen-bond donors (Lipinski definition) is 0. The van der Waals surface area contributed by atoms with E-state index in [2.05, 4.69) is 29.2 Å². The third-order valence-corrected chi connectivity index (χ3v) is 5.41. The van der Waals surface area contributed by atoms with E-state index in [1.807, 2.05) is 24.3 Å². The van der Waals surface area contributed by atoms with E-state index in [1.165, 1.54) is 36.5 Å². The van der Waals surface area contributed by atoms with Gasteiger partial charge in [-0.3, -0.25) is 4.79 Å². The van der Waals surface area contributed by atoms with Gasteiger partial charge in [-0.05, 0) is 55.7 Å². The predicted molar refractivity (Wildman–Crippen MR) is 93.5 cm³/mol. The summed E-state index contributed by atoms with van der Waals surface area (Å²) in [5.74, 6) is 0. The molecule has 0 aliphatic carbocycles. The van der Waals surface area contributed by atoms with Crippen molar-refractivity contribution >= 4 is 27.3 Å². The van der Waals surface area contributed by atoms with Gasteiger partial charge in [0.05, 0.1) is 15.8 Å². The van der Waals surface area contributed by atoms with Crippen LogP contribution in [0.3, 0.4) is 0 Å². The largest absolute Gasteiger partial charge is 0.372 e. The molecule has 2 aromatic carbocycles. The van der Waals surface area contributed by atoms with Gasteiger partial charge < -0.3 is 4.90 Å². The average molecular weight is 310 g/mol. The van der Waals surface area contributed by atoms with Crippen molar-refractivity contribution in [3.8, 4) is 5.69 Å². The highest BCUT2D eigenvalue weighted by molar-refractivity contribution is 7.14. The van der Waals surface area contributed by atoms with Crippen LogP contribution in [0.15, 0.2) is 53.3 Å². The van der Waals surface area contributed by atoms with E-state index in [0.29, 0.717) is 0 Å². The Morgan fingerprint density at radius 1 is 0.818 bits per heavy atom. The Hall–Kier alpha value is -2.07. The minimum absolute atomic E-state index is 0.0753. The summed E-state index contributed by atoms with van der Waals surface area (Å²) in [7, 11) is 0. The van der Waals surface area contributed by atoms with E-state index in [0.717, 1.165) is 28.9 Å². The van der Waals surface area contributed by atoms with E-state index in [9.17, 15) is 4.79 Å². The zero-order chi connectivity index (χ0) is 14.9. The van der Waals surface area contributed by atoms with Gasteiger partial charge in [-0.1, -0.05) is 23.7 Å². The molecule has 3 nitrogen and oxygen atoms in total. The molecule has 0 saturated carbocycles. The summed E-state index contributed by atoms with van der Waals surface area (Å²) in [5.41, 5.74) is 2.29. The third kappa shape index (κ3) is 2.33. The standard InChI is InChI=1S/C18H18N2OS/c21-18-16-6-2-3-7-17(16)22-20(18)15-10-8-14(9-11-15)19-12-4-1-5-13-19/h2-3,6-11H,1,4-5,12-13H2. The number of hydrogen-bond acceptors (Lipinski definition) is 3. The van der Waals surface area contributed by atoms with E-state index < -0.39 is 0 Å². The zero-order valence-electron chi connectivity index (χ0n) is 12.4. The van der Waals surface area contributed by atoms with Crippen molar-refractivity contribution in [2.24, 2.45) is 0 Å². The number of anilines is 1. The number of nitrogens with zero attached hydrogens (tertiary/aromatic N) is 2. The quantitative estimate of drug-likeness (QED) is 0.713. The van der Waals surface area contributed by atoms with Gasteiger partial charge in [0.15, 0.2) is 0 Å². The van der Waals surface area contributed by atoms with E-state index in [4.69, 9.17) is 0 Å². The Balaban J connectivity index is 1.70. The zero-order valence-corrected chi connectivity index (χ0v) is 13.2. The summed E-state index contributed by atoms with van der Waals surface area (Å²) in [4.78, 5) is 14.9. The highest BCUT2D eigenvalue weighted by Crippen LogP contribution is 2.24. The van der Waals surface area contributed by atoms with Crippen molar-refractivity contribution in [1.29, 1.82) is 0 Å². The summed E-state index contributed by atoms with van der Waals surface area (Å²) in [6, 6.07) is 16.2. The lowest BCUT2D eigenvalue weighted by Gasteiger charge is -2.28. The molecule has 0 spiro atoms. The smallest absolute Gasteiger partial charge is 0.273 e. The Kier molecular flexibility index (Phi) is 3.47. The summed E-state index contributed by atoms with van der Waals surface area (Å²) in [5, 5.41) is 0.799. The fourth-order valence-corrected chi connectivity index (χ4v) is 4.09. The molecular formula is C18H18N2OS. The Morgan fingerprint density at radius 2 is 1.50 bits per heavy atom. The van der Waals surface area contributed by atoms with Crippen LogP contribution in [0.4, 0.5) is 5.69 Å². The molecule has 1 aromatic heterocycles. The topological polar surface area (TPSA) is 25.2 Å².